The van der Waals surface area contributed by atoms with Gasteiger partial charge in [0.05, 0.1) is 0 Å². The fourth-order valence-electron chi connectivity index (χ4n) is 1.21. The highest BCUT2D eigenvalue weighted by atomic mass is 14.9. The smallest absolute Gasteiger partial charge is 0.0414 e. The molecule has 1 aromatic heterocycles. The normalized spacial score (nSPS) is 10.0. The molecular formula is C10H17N3. The van der Waals surface area contributed by atoms with Crippen molar-refractivity contribution in [2.24, 2.45) is 0 Å². The van der Waals surface area contributed by atoms with Crippen LogP contribution in [-0.4, -0.2) is 18.6 Å². The number of hydrogen-bond acceptors (Lipinski definition) is 3. The molecule has 0 aromatic carbocycles. The van der Waals surface area contributed by atoms with E-state index in [0.29, 0.717) is 0 Å². The van der Waals surface area contributed by atoms with E-state index in [1.807, 2.05) is 19.3 Å². The standard InChI is InChI=1S/C10H17N3/c1-3-5-12-7-9-8-13-6-4-10(9)11-2/h4,6,8,12H,3,5,7H2,1-2H3,(H,11,13). The molecule has 1 rings (SSSR count). The van der Waals surface area contributed by atoms with Crippen LogP contribution >= 0.6 is 0 Å². The van der Waals surface area contributed by atoms with Gasteiger partial charge in [0.15, 0.2) is 0 Å². The maximum absolute atomic E-state index is 4.09. The summed E-state index contributed by atoms with van der Waals surface area (Å²) in [6.07, 6.45) is 4.86. The molecule has 0 amide bonds. The molecule has 0 saturated heterocycles. The maximum Gasteiger partial charge on any atom is 0.0414 e. The van der Waals surface area contributed by atoms with E-state index in [0.717, 1.165) is 25.2 Å². The second kappa shape index (κ2) is 5.54. The van der Waals surface area contributed by atoms with Crippen molar-refractivity contribution in [1.82, 2.24) is 10.3 Å². The summed E-state index contributed by atoms with van der Waals surface area (Å²) in [4.78, 5) is 4.09. The van der Waals surface area contributed by atoms with Gasteiger partial charge in [0.1, 0.15) is 0 Å². The highest BCUT2D eigenvalue weighted by Gasteiger charge is 1.98. The van der Waals surface area contributed by atoms with E-state index in [4.69, 9.17) is 0 Å². The van der Waals surface area contributed by atoms with Crippen LogP contribution in [0.3, 0.4) is 0 Å². The second-order valence-corrected chi connectivity index (χ2v) is 2.96. The number of anilines is 1. The van der Waals surface area contributed by atoms with Crippen molar-refractivity contribution in [3.8, 4) is 0 Å². The van der Waals surface area contributed by atoms with Gasteiger partial charge < -0.3 is 10.6 Å². The molecule has 0 spiro atoms. The summed E-state index contributed by atoms with van der Waals surface area (Å²) in [6.45, 7) is 4.10. The third-order valence-electron chi connectivity index (χ3n) is 1.92. The summed E-state index contributed by atoms with van der Waals surface area (Å²) in [7, 11) is 1.93. The zero-order chi connectivity index (χ0) is 9.52. The molecule has 3 nitrogen and oxygen atoms in total. The molecule has 0 unspecified atom stereocenters. The number of hydrogen-bond donors (Lipinski definition) is 2. The Kier molecular flexibility index (Phi) is 4.26. The van der Waals surface area contributed by atoms with Gasteiger partial charge in [-0.25, -0.2) is 0 Å². The number of rotatable bonds is 5. The van der Waals surface area contributed by atoms with E-state index in [1.54, 1.807) is 6.20 Å². The van der Waals surface area contributed by atoms with Crippen LogP contribution in [-0.2, 0) is 6.54 Å². The van der Waals surface area contributed by atoms with Crippen molar-refractivity contribution >= 4 is 5.69 Å². The van der Waals surface area contributed by atoms with Crippen LogP contribution in [0, 0.1) is 0 Å². The van der Waals surface area contributed by atoms with Gasteiger partial charge in [0.25, 0.3) is 0 Å². The Morgan fingerprint density at radius 2 is 2.31 bits per heavy atom. The molecule has 0 aliphatic carbocycles. The van der Waals surface area contributed by atoms with Gasteiger partial charge in [0.2, 0.25) is 0 Å². The first kappa shape index (κ1) is 9.99. The van der Waals surface area contributed by atoms with Crippen molar-refractivity contribution in [3.63, 3.8) is 0 Å². The minimum absolute atomic E-state index is 0.887. The van der Waals surface area contributed by atoms with Gasteiger partial charge in [-0.05, 0) is 19.0 Å². The molecule has 0 aliphatic rings. The van der Waals surface area contributed by atoms with Gasteiger partial charge in [-0.3, -0.25) is 4.98 Å². The Morgan fingerprint density at radius 1 is 1.46 bits per heavy atom. The Morgan fingerprint density at radius 3 is 3.00 bits per heavy atom. The molecule has 1 heterocycles. The highest BCUT2D eigenvalue weighted by Crippen LogP contribution is 2.11. The highest BCUT2D eigenvalue weighted by molar-refractivity contribution is 5.48. The van der Waals surface area contributed by atoms with Gasteiger partial charge in [0, 0.05) is 37.2 Å². The Labute approximate surface area is 79.6 Å². The molecule has 72 valence electrons. The van der Waals surface area contributed by atoms with E-state index in [2.05, 4.69) is 22.5 Å². The first-order valence-electron chi connectivity index (χ1n) is 4.69. The van der Waals surface area contributed by atoms with E-state index in [9.17, 15) is 0 Å². The zero-order valence-electron chi connectivity index (χ0n) is 8.30. The second-order valence-electron chi connectivity index (χ2n) is 2.96. The molecule has 0 radical (unpaired) electrons. The molecule has 1 aromatic rings. The summed E-state index contributed by atoms with van der Waals surface area (Å²) in [5, 5.41) is 6.49. The minimum Gasteiger partial charge on any atom is -0.388 e. The maximum atomic E-state index is 4.09. The van der Waals surface area contributed by atoms with Crippen LogP contribution in [0.4, 0.5) is 5.69 Å². The lowest BCUT2D eigenvalue weighted by Gasteiger charge is -2.08. The van der Waals surface area contributed by atoms with Crippen LogP contribution in [0.25, 0.3) is 0 Å². The van der Waals surface area contributed by atoms with E-state index < -0.39 is 0 Å². The monoisotopic (exact) mass is 179 g/mol. The molecule has 0 bridgehead atoms. The predicted molar refractivity (Wildman–Crippen MR) is 55.8 cm³/mol. The summed E-state index contributed by atoms with van der Waals surface area (Å²) >= 11 is 0. The van der Waals surface area contributed by atoms with E-state index >= 15 is 0 Å². The summed E-state index contributed by atoms with van der Waals surface area (Å²) in [5.74, 6) is 0. The van der Waals surface area contributed by atoms with Gasteiger partial charge in [-0.1, -0.05) is 6.92 Å². The van der Waals surface area contributed by atoms with Crippen LogP contribution in [0.5, 0.6) is 0 Å². The van der Waals surface area contributed by atoms with Crippen molar-refractivity contribution in [2.75, 3.05) is 18.9 Å². The van der Waals surface area contributed by atoms with Gasteiger partial charge in [-0.15, -0.1) is 0 Å². The first-order valence-corrected chi connectivity index (χ1v) is 4.69. The van der Waals surface area contributed by atoms with E-state index in [-0.39, 0.29) is 0 Å². The molecule has 2 N–H and O–H groups in total. The first-order chi connectivity index (χ1) is 6.38. The lowest BCUT2D eigenvalue weighted by Crippen LogP contribution is -2.15. The van der Waals surface area contributed by atoms with Crippen molar-refractivity contribution in [3.05, 3.63) is 24.0 Å². The quantitative estimate of drug-likeness (QED) is 0.674. The lowest BCUT2D eigenvalue weighted by atomic mass is 10.2. The number of aromatic nitrogens is 1. The van der Waals surface area contributed by atoms with Crippen LogP contribution < -0.4 is 10.6 Å². The molecule has 0 aliphatic heterocycles. The average molecular weight is 179 g/mol. The topological polar surface area (TPSA) is 37.0 Å². The molecule has 13 heavy (non-hydrogen) atoms. The lowest BCUT2D eigenvalue weighted by molar-refractivity contribution is 0.675. The number of nitrogens with zero attached hydrogens (tertiary/aromatic N) is 1. The van der Waals surface area contributed by atoms with Crippen LogP contribution in [0.1, 0.15) is 18.9 Å². The number of nitrogens with one attached hydrogen (secondary N) is 2. The zero-order valence-corrected chi connectivity index (χ0v) is 8.30. The Hall–Kier alpha value is -1.09. The molecular weight excluding hydrogens is 162 g/mol. The van der Waals surface area contributed by atoms with E-state index in [1.165, 1.54) is 5.56 Å². The third kappa shape index (κ3) is 3.03. The summed E-state index contributed by atoms with van der Waals surface area (Å²) in [5.41, 5.74) is 2.37. The molecule has 0 fully saturated rings. The van der Waals surface area contributed by atoms with Gasteiger partial charge >= 0.3 is 0 Å². The van der Waals surface area contributed by atoms with Crippen molar-refractivity contribution in [2.45, 2.75) is 19.9 Å². The van der Waals surface area contributed by atoms with Crippen molar-refractivity contribution < 1.29 is 0 Å². The number of pyridine rings is 1. The Balaban J connectivity index is 2.54. The Bertz CT molecular complexity index is 248. The summed E-state index contributed by atoms with van der Waals surface area (Å²) in [6, 6.07) is 1.99. The van der Waals surface area contributed by atoms with Crippen molar-refractivity contribution in [1.29, 1.82) is 0 Å². The average Bonchev–Trinajstić information content (AvgIpc) is 2.19. The SMILES string of the molecule is CCCNCc1cnccc1NC. The van der Waals surface area contributed by atoms with Crippen LogP contribution in [0.2, 0.25) is 0 Å². The van der Waals surface area contributed by atoms with Crippen LogP contribution in [0.15, 0.2) is 18.5 Å². The minimum atomic E-state index is 0.887. The largest absolute Gasteiger partial charge is 0.388 e. The molecule has 3 heteroatoms. The molecule has 0 saturated carbocycles. The fraction of sp³-hybridized carbons (Fsp3) is 0.500. The molecule has 0 atom stereocenters. The summed E-state index contributed by atoms with van der Waals surface area (Å²) < 4.78 is 0. The third-order valence-corrected chi connectivity index (χ3v) is 1.92. The fourth-order valence-corrected chi connectivity index (χ4v) is 1.21. The van der Waals surface area contributed by atoms with Gasteiger partial charge in [-0.2, -0.15) is 0 Å². The predicted octanol–water partition coefficient (Wildman–Crippen LogP) is 1.62.